The maximum absolute atomic E-state index is 5.62. The Morgan fingerprint density at radius 3 is 1.35 bits per heavy atom. The largest absolute Gasteiger partial charge is 1.00 e. The van der Waals surface area contributed by atoms with Crippen molar-refractivity contribution in [2.24, 2.45) is 0 Å². The molecule has 2 aliphatic rings. The van der Waals surface area contributed by atoms with Crippen molar-refractivity contribution in [1.82, 2.24) is 0 Å². The Morgan fingerprint density at radius 2 is 1.00 bits per heavy atom. The molecule has 0 radical (unpaired) electrons. The van der Waals surface area contributed by atoms with Gasteiger partial charge in [-0.15, -0.1) is 0 Å². The smallest absolute Gasteiger partial charge is 0.161 e. The molecule has 2 aromatic rings. The van der Waals surface area contributed by atoms with Crippen molar-refractivity contribution in [2.45, 2.75) is 44.2 Å². The van der Waals surface area contributed by atoms with Crippen LogP contribution in [0.3, 0.4) is 0 Å². The number of fused-ring (bicyclic) bond motifs is 2. The summed E-state index contributed by atoms with van der Waals surface area (Å²) in [6, 6.07) is 9.77. The zero-order valence-corrected chi connectivity index (χ0v) is 22.2. The van der Waals surface area contributed by atoms with E-state index in [0.29, 0.717) is 12.1 Å². The number of nitrogens with one attached hydrogen (secondary N) is 2. The number of halogens is 1. The first kappa shape index (κ1) is 26.5. The van der Waals surface area contributed by atoms with Crippen molar-refractivity contribution < 1.29 is 41.2 Å². The van der Waals surface area contributed by atoms with Crippen molar-refractivity contribution in [3.05, 3.63) is 46.5 Å². The third-order valence-corrected chi connectivity index (χ3v) is 7.79. The highest BCUT2D eigenvalue weighted by Crippen LogP contribution is 2.37. The Hall–Kier alpha value is -2.15. The summed E-state index contributed by atoms with van der Waals surface area (Å²) in [6.07, 6.45) is 5.69. The number of quaternary nitrogens is 2. The second-order valence-corrected chi connectivity index (χ2v) is 9.54. The zero-order valence-electron chi connectivity index (χ0n) is 21.4. The number of hydrogen-bond donors (Lipinski definition) is 2. The summed E-state index contributed by atoms with van der Waals surface area (Å²) in [7, 11) is 11.5. The molecule has 0 saturated heterocycles. The van der Waals surface area contributed by atoms with Gasteiger partial charge in [0, 0.05) is 36.8 Å². The number of benzene rings is 2. The summed E-state index contributed by atoms with van der Waals surface area (Å²) in [5.74, 6) is 3.34. The third-order valence-electron chi connectivity index (χ3n) is 7.79. The lowest BCUT2D eigenvalue weighted by Gasteiger charge is -2.34. The Kier molecular flexibility index (Phi) is 8.96. The van der Waals surface area contributed by atoms with E-state index in [1.807, 2.05) is 0 Å². The van der Waals surface area contributed by atoms with Gasteiger partial charge in [-0.25, -0.2) is 0 Å². The van der Waals surface area contributed by atoms with Crippen molar-refractivity contribution in [3.8, 4) is 23.0 Å². The van der Waals surface area contributed by atoms with Gasteiger partial charge in [0.1, 0.15) is 12.1 Å². The van der Waals surface area contributed by atoms with Crippen LogP contribution < -0.4 is 41.2 Å². The van der Waals surface area contributed by atoms with Crippen molar-refractivity contribution in [1.29, 1.82) is 0 Å². The summed E-state index contributed by atoms with van der Waals surface area (Å²) in [4.78, 5) is 3.18. The van der Waals surface area contributed by atoms with Gasteiger partial charge in [0.05, 0.1) is 55.6 Å². The molecule has 0 fully saturated rings. The first-order valence-corrected chi connectivity index (χ1v) is 12.1. The number of likely N-dealkylation sites (N-methyl/N-ethyl adjacent to an activating group) is 2. The minimum atomic E-state index is 0. The molecule has 4 atom stereocenters. The lowest BCUT2D eigenvalue weighted by Crippen LogP contribution is -3.10. The van der Waals surface area contributed by atoms with Crippen molar-refractivity contribution in [3.63, 3.8) is 0 Å². The standard InChI is InChI=1S/C27H38N2O4.ClH/c1-28-12-10-18-14-24(30-3)26(32-5)16-20(18)22(28)8-7-9-23-21-17-27(33-6)25(31-4)15-19(21)11-13-29(23)2;/h14-17,22-23H,7-13H2,1-6H3;1H/p+1/t22-,23-;/m0./s1. The first-order chi connectivity index (χ1) is 16.0. The zero-order chi connectivity index (χ0) is 23.5. The van der Waals surface area contributed by atoms with Gasteiger partial charge in [0.25, 0.3) is 0 Å². The molecule has 2 unspecified atom stereocenters. The SMILES string of the molecule is COc1cc2c(cc1OC)[C@H](CCC[C@H]1c3cc(OC)c(OC)cc3CC[NH+]1C)[NH+](C)CC2.[Cl-]. The molecular formula is C27H40ClN2O4+. The molecule has 0 aromatic heterocycles. The molecule has 34 heavy (non-hydrogen) atoms. The van der Waals surface area contributed by atoms with Crippen LogP contribution in [-0.2, 0) is 12.8 Å². The van der Waals surface area contributed by atoms with Gasteiger partial charge < -0.3 is 41.2 Å². The Balaban J connectivity index is 0.00000324. The van der Waals surface area contributed by atoms with E-state index in [0.717, 1.165) is 48.9 Å². The van der Waals surface area contributed by atoms with Gasteiger partial charge in [0.15, 0.2) is 23.0 Å². The normalized spacial score (nSPS) is 23.2. The molecule has 0 saturated carbocycles. The molecule has 2 aliphatic heterocycles. The van der Waals surface area contributed by atoms with Gasteiger partial charge in [-0.3, -0.25) is 0 Å². The summed E-state index contributed by atoms with van der Waals surface area (Å²) < 4.78 is 22.3. The van der Waals surface area contributed by atoms with Gasteiger partial charge in [-0.2, -0.15) is 0 Å². The van der Waals surface area contributed by atoms with Crippen LogP contribution in [0.1, 0.15) is 53.6 Å². The highest BCUT2D eigenvalue weighted by molar-refractivity contribution is 5.49. The number of methoxy groups -OCH3 is 4. The second kappa shape index (κ2) is 11.5. The lowest BCUT2D eigenvalue weighted by molar-refractivity contribution is -0.917. The first-order valence-electron chi connectivity index (χ1n) is 12.1. The van der Waals surface area contributed by atoms with E-state index < -0.39 is 0 Å². The lowest BCUT2D eigenvalue weighted by atomic mass is 9.86. The van der Waals surface area contributed by atoms with Crippen LogP contribution in [0, 0.1) is 0 Å². The fraction of sp³-hybridized carbons (Fsp3) is 0.556. The monoisotopic (exact) mass is 491 g/mol. The number of hydrogen-bond acceptors (Lipinski definition) is 4. The van der Waals surface area contributed by atoms with E-state index in [-0.39, 0.29) is 12.4 Å². The minimum Gasteiger partial charge on any atom is -1.00 e. The van der Waals surface area contributed by atoms with Crippen LogP contribution in [0.25, 0.3) is 0 Å². The highest BCUT2D eigenvalue weighted by Gasteiger charge is 2.33. The highest BCUT2D eigenvalue weighted by atomic mass is 35.5. The fourth-order valence-corrected chi connectivity index (χ4v) is 5.83. The maximum Gasteiger partial charge on any atom is 0.161 e. The predicted molar refractivity (Wildman–Crippen MR) is 129 cm³/mol. The summed E-state index contributed by atoms with van der Waals surface area (Å²) in [5, 5.41) is 0. The van der Waals surface area contributed by atoms with E-state index in [4.69, 9.17) is 18.9 Å². The molecule has 0 spiro atoms. The number of ether oxygens (including phenoxy) is 4. The van der Waals surface area contributed by atoms with Crippen LogP contribution >= 0.6 is 0 Å². The van der Waals surface area contributed by atoms with E-state index in [1.54, 1.807) is 38.2 Å². The maximum atomic E-state index is 5.62. The molecule has 188 valence electrons. The number of rotatable bonds is 8. The molecular weight excluding hydrogens is 452 g/mol. The van der Waals surface area contributed by atoms with Crippen LogP contribution in [-0.4, -0.2) is 55.6 Å². The summed E-state index contributed by atoms with van der Waals surface area (Å²) in [6.45, 7) is 2.31. The molecule has 4 rings (SSSR count). The molecule has 6 nitrogen and oxygen atoms in total. The summed E-state index contributed by atoms with van der Waals surface area (Å²) in [5.41, 5.74) is 5.66. The molecule has 0 amide bonds. The molecule has 0 bridgehead atoms. The molecule has 0 aliphatic carbocycles. The molecule has 2 N–H and O–H groups in total. The van der Waals surface area contributed by atoms with E-state index in [2.05, 4.69) is 38.4 Å². The topological polar surface area (TPSA) is 45.8 Å². The third kappa shape index (κ3) is 5.09. The Bertz CT molecular complexity index is 906. The van der Waals surface area contributed by atoms with Crippen LogP contribution in [0.15, 0.2) is 24.3 Å². The predicted octanol–water partition coefficient (Wildman–Crippen LogP) is -1.18. The molecule has 2 aromatic carbocycles. The fourth-order valence-electron chi connectivity index (χ4n) is 5.83. The molecule has 2 heterocycles. The van der Waals surface area contributed by atoms with Crippen LogP contribution in [0.5, 0.6) is 23.0 Å². The van der Waals surface area contributed by atoms with Crippen LogP contribution in [0.2, 0.25) is 0 Å². The van der Waals surface area contributed by atoms with E-state index in [1.165, 1.54) is 41.5 Å². The Morgan fingerprint density at radius 1 is 0.647 bits per heavy atom. The van der Waals surface area contributed by atoms with Crippen LogP contribution in [0.4, 0.5) is 0 Å². The van der Waals surface area contributed by atoms with Gasteiger partial charge >= 0.3 is 0 Å². The second-order valence-electron chi connectivity index (χ2n) is 9.54. The average Bonchev–Trinajstić information content (AvgIpc) is 2.84. The Labute approximate surface area is 210 Å². The van der Waals surface area contributed by atoms with Crippen molar-refractivity contribution in [2.75, 3.05) is 55.6 Å². The van der Waals surface area contributed by atoms with Crippen molar-refractivity contribution >= 4 is 0 Å². The molecule has 7 heteroatoms. The van der Waals surface area contributed by atoms with E-state index in [9.17, 15) is 0 Å². The minimum absolute atomic E-state index is 0. The van der Waals surface area contributed by atoms with Gasteiger partial charge in [0.2, 0.25) is 0 Å². The van der Waals surface area contributed by atoms with E-state index >= 15 is 0 Å². The average molecular weight is 492 g/mol. The van der Waals surface area contributed by atoms with Gasteiger partial charge in [-0.1, -0.05) is 0 Å². The summed E-state index contributed by atoms with van der Waals surface area (Å²) >= 11 is 0. The van der Waals surface area contributed by atoms with Gasteiger partial charge in [-0.05, 0) is 41.8 Å². The quantitative estimate of drug-likeness (QED) is 0.488.